The van der Waals surface area contributed by atoms with Gasteiger partial charge in [0.2, 0.25) is 0 Å². The molecule has 1 atom stereocenters. The first kappa shape index (κ1) is 10.6. The third kappa shape index (κ3) is 2.05. The van der Waals surface area contributed by atoms with E-state index in [0.717, 1.165) is 16.9 Å². The van der Waals surface area contributed by atoms with Crippen LogP contribution in [0, 0.1) is 6.92 Å². The van der Waals surface area contributed by atoms with Crippen molar-refractivity contribution >= 4 is 5.97 Å². The highest BCUT2D eigenvalue weighted by atomic mass is 16.5. The van der Waals surface area contributed by atoms with E-state index in [2.05, 4.69) is 0 Å². The maximum absolute atomic E-state index is 10.7. The number of ether oxygens (including phenoxy) is 1. The number of carboxylic acid groups (broad SMARTS) is 1. The van der Waals surface area contributed by atoms with E-state index in [1.54, 1.807) is 20.1 Å². The van der Waals surface area contributed by atoms with Crippen LogP contribution in [-0.4, -0.2) is 18.2 Å². The Bertz CT molecular complexity index is 344. The first-order valence-corrected chi connectivity index (χ1v) is 4.43. The Morgan fingerprint density at radius 2 is 2.14 bits per heavy atom. The minimum Gasteiger partial charge on any atom is -0.496 e. The van der Waals surface area contributed by atoms with Crippen molar-refractivity contribution in [2.24, 2.45) is 0 Å². The summed E-state index contributed by atoms with van der Waals surface area (Å²) in [6, 6.07) is 5.46. The zero-order valence-electron chi connectivity index (χ0n) is 8.57. The third-order valence-corrected chi connectivity index (χ3v) is 2.30. The van der Waals surface area contributed by atoms with E-state index in [4.69, 9.17) is 9.84 Å². The van der Waals surface area contributed by atoms with E-state index in [-0.39, 0.29) is 0 Å². The second-order valence-electron chi connectivity index (χ2n) is 3.29. The minimum atomic E-state index is -0.823. The fraction of sp³-hybridized carbons (Fsp3) is 0.364. The lowest BCUT2D eigenvalue weighted by atomic mass is 10.00. The molecule has 14 heavy (non-hydrogen) atoms. The number of carbonyl (C=O) groups is 1. The minimum absolute atomic E-state index is 0.496. The van der Waals surface area contributed by atoms with Crippen molar-refractivity contribution in [3.63, 3.8) is 0 Å². The van der Waals surface area contributed by atoms with E-state index in [9.17, 15) is 4.79 Å². The molecule has 0 aliphatic heterocycles. The van der Waals surface area contributed by atoms with E-state index in [1.807, 2.05) is 19.1 Å². The van der Waals surface area contributed by atoms with Gasteiger partial charge in [-0.1, -0.05) is 12.1 Å². The number of aryl methyl sites for hydroxylation is 1. The van der Waals surface area contributed by atoms with Crippen molar-refractivity contribution in [3.05, 3.63) is 29.3 Å². The molecular formula is C11H14O3. The lowest BCUT2D eigenvalue weighted by Crippen LogP contribution is -2.07. The van der Waals surface area contributed by atoms with Gasteiger partial charge in [-0.15, -0.1) is 0 Å². The molecule has 1 aromatic carbocycles. The van der Waals surface area contributed by atoms with Gasteiger partial charge in [-0.25, -0.2) is 0 Å². The van der Waals surface area contributed by atoms with Crippen LogP contribution >= 0.6 is 0 Å². The van der Waals surface area contributed by atoms with Crippen LogP contribution in [0.5, 0.6) is 5.75 Å². The van der Waals surface area contributed by atoms with Crippen LogP contribution in [-0.2, 0) is 4.79 Å². The van der Waals surface area contributed by atoms with E-state index >= 15 is 0 Å². The lowest BCUT2D eigenvalue weighted by Gasteiger charge is -2.10. The summed E-state index contributed by atoms with van der Waals surface area (Å²) in [6.07, 6.45) is 0. The van der Waals surface area contributed by atoms with Gasteiger partial charge in [0.05, 0.1) is 13.0 Å². The van der Waals surface area contributed by atoms with Crippen LogP contribution in [0.1, 0.15) is 24.0 Å². The average Bonchev–Trinajstić information content (AvgIpc) is 2.17. The summed E-state index contributed by atoms with van der Waals surface area (Å²) in [6.45, 7) is 3.58. The Hall–Kier alpha value is -1.51. The molecule has 0 aromatic heterocycles. The lowest BCUT2D eigenvalue weighted by molar-refractivity contribution is -0.138. The molecule has 0 saturated carbocycles. The van der Waals surface area contributed by atoms with Gasteiger partial charge in [0.25, 0.3) is 0 Å². The summed E-state index contributed by atoms with van der Waals surface area (Å²) in [4.78, 5) is 10.7. The van der Waals surface area contributed by atoms with Gasteiger partial charge in [0.15, 0.2) is 0 Å². The molecule has 0 bridgehead atoms. The Morgan fingerprint density at radius 3 is 2.64 bits per heavy atom. The van der Waals surface area contributed by atoms with Crippen molar-refractivity contribution in [3.8, 4) is 5.75 Å². The predicted octanol–water partition coefficient (Wildman–Crippen LogP) is 2.19. The predicted molar refractivity (Wildman–Crippen MR) is 53.8 cm³/mol. The number of hydrogen-bond donors (Lipinski definition) is 1. The van der Waals surface area contributed by atoms with E-state index in [0.29, 0.717) is 0 Å². The number of hydrogen-bond acceptors (Lipinski definition) is 2. The zero-order chi connectivity index (χ0) is 10.7. The van der Waals surface area contributed by atoms with Gasteiger partial charge in [-0.2, -0.15) is 0 Å². The summed E-state index contributed by atoms with van der Waals surface area (Å²) in [5, 5.41) is 8.83. The van der Waals surface area contributed by atoms with Gasteiger partial charge >= 0.3 is 5.97 Å². The zero-order valence-corrected chi connectivity index (χ0v) is 8.57. The second-order valence-corrected chi connectivity index (χ2v) is 3.29. The highest BCUT2D eigenvalue weighted by Crippen LogP contribution is 2.24. The molecule has 76 valence electrons. The molecule has 1 rings (SSSR count). The fourth-order valence-electron chi connectivity index (χ4n) is 1.25. The van der Waals surface area contributed by atoms with Crippen molar-refractivity contribution < 1.29 is 14.6 Å². The SMILES string of the molecule is COc1cc([C@@H](C)C(=O)O)ccc1C. The molecule has 3 nitrogen and oxygen atoms in total. The standard InChI is InChI=1S/C11H14O3/c1-7-4-5-9(6-10(7)14-3)8(2)11(12)13/h4-6,8H,1-3H3,(H,12,13)/t8-/m1/s1. The van der Waals surface area contributed by atoms with Gasteiger partial charge in [0, 0.05) is 0 Å². The molecular weight excluding hydrogens is 180 g/mol. The summed E-state index contributed by atoms with van der Waals surface area (Å²) in [5.41, 5.74) is 1.77. The molecule has 0 heterocycles. The molecule has 1 aromatic rings. The normalized spacial score (nSPS) is 12.2. The summed E-state index contributed by atoms with van der Waals surface area (Å²) < 4.78 is 5.12. The van der Waals surface area contributed by atoms with Gasteiger partial charge in [0.1, 0.15) is 5.75 Å². The Balaban J connectivity index is 3.06. The molecule has 0 spiro atoms. The molecule has 0 aliphatic carbocycles. The quantitative estimate of drug-likeness (QED) is 0.802. The second kappa shape index (κ2) is 4.13. The smallest absolute Gasteiger partial charge is 0.310 e. The Morgan fingerprint density at radius 1 is 1.50 bits per heavy atom. The molecule has 0 amide bonds. The summed E-state index contributed by atoms with van der Waals surface area (Å²) in [7, 11) is 1.58. The monoisotopic (exact) mass is 194 g/mol. The number of benzene rings is 1. The van der Waals surface area contributed by atoms with Crippen LogP contribution in [0.15, 0.2) is 18.2 Å². The number of aliphatic carboxylic acids is 1. The number of methoxy groups -OCH3 is 1. The van der Waals surface area contributed by atoms with Crippen molar-refractivity contribution in [2.45, 2.75) is 19.8 Å². The first-order chi connectivity index (χ1) is 6.56. The average molecular weight is 194 g/mol. The Kier molecular flexibility index (Phi) is 3.12. The first-order valence-electron chi connectivity index (χ1n) is 4.43. The van der Waals surface area contributed by atoms with Gasteiger partial charge in [-0.3, -0.25) is 4.79 Å². The van der Waals surface area contributed by atoms with Crippen LogP contribution in [0.2, 0.25) is 0 Å². The highest BCUT2D eigenvalue weighted by molar-refractivity contribution is 5.75. The van der Waals surface area contributed by atoms with Crippen molar-refractivity contribution in [2.75, 3.05) is 7.11 Å². The fourth-order valence-corrected chi connectivity index (χ4v) is 1.25. The molecule has 3 heteroatoms. The number of carboxylic acids is 1. The third-order valence-electron chi connectivity index (χ3n) is 2.30. The number of rotatable bonds is 3. The van der Waals surface area contributed by atoms with Crippen LogP contribution < -0.4 is 4.74 Å². The molecule has 0 fully saturated rings. The maximum atomic E-state index is 10.7. The van der Waals surface area contributed by atoms with E-state index < -0.39 is 11.9 Å². The highest BCUT2D eigenvalue weighted by Gasteiger charge is 2.14. The Labute approximate surface area is 83.3 Å². The molecule has 1 N–H and O–H groups in total. The molecule has 0 unspecified atom stereocenters. The maximum Gasteiger partial charge on any atom is 0.310 e. The van der Waals surface area contributed by atoms with Crippen molar-refractivity contribution in [1.29, 1.82) is 0 Å². The largest absolute Gasteiger partial charge is 0.496 e. The summed E-state index contributed by atoms with van der Waals surface area (Å²) >= 11 is 0. The van der Waals surface area contributed by atoms with Gasteiger partial charge in [-0.05, 0) is 31.0 Å². The molecule has 0 radical (unpaired) electrons. The molecule has 0 aliphatic rings. The summed E-state index contributed by atoms with van der Waals surface area (Å²) in [5.74, 6) is -0.587. The van der Waals surface area contributed by atoms with Crippen LogP contribution in [0.4, 0.5) is 0 Å². The van der Waals surface area contributed by atoms with Crippen LogP contribution in [0.25, 0.3) is 0 Å². The van der Waals surface area contributed by atoms with Crippen molar-refractivity contribution in [1.82, 2.24) is 0 Å². The van der Waals surface area contributed by atoms with Gasteiger partial charge < -0.3 is 9.84 Å². The van der Waals surface area contributed by atoms with Crippen LogP contribution in [0.3, 0.4) is 0 Å². The molecule has 0 saturated heterocycles. The van der Waals surface area contributed by atoms with E-state index in [1.165, 1.54) is 0 Å². The topological polar surface area (TPSA) is 46.5 Å².